The molecule has 2 aromatic carbocycles. The van der Waals surface area contributed by atoms with E-state index in [2.05, 4.69) is 20.3 Å². The van der Waals surface area contributed by atoms with E-state index in [1.54, 1.807) is 42.6 Å². The quantitative estimate of drug-likeness (QED) is 0.414. The van der Waals surface area contributed by atoms with Gasteiger partial charge in [0.2, 0.25) is 5.82 Å². The van der Waals surface area contributed by atoms with Gasteiger partial charge in [-0.1, -0.05) is 24.3 Å². The average molecular weight is 359 g/mol. The van der Waals surface area contributed by atoms with Crippen molar-refractivity contribution in [2.45, 2.75) is 0 Å². The van der Waals surface area contributed by atoms with Gasteiger partial charge in [-0.15, -0.1) is 0 Å². The number of nitro groups is 1. The molecule has 132 valence electrons. The predicted molar refractivity (Wildman–Crippen MR) is 100 cm³/mol. The van der Waals surface area contributed by atoms with Gasteiger partial charge in [0.1, 0.15) is 12.1 Å². The van der Waals surface area contributed by atoms with Gasteiger partial charge in [0.05, 0.1) is 10.4 Å². The summed E-state index contributed by atoms with van der Waals surface area (Å²) in [6.45, 7) is 0. The van der Waals surface area contributed by atoms with E-state index in [4.69, 9.17) is 4.74 Å². The molecule has 8 heteroatoms. The molecule has 0 atom stereocenters. The predicted octanol–water partition coefficient (Wildman–Crippen LogP) is 4.47. The Morgan fingerprint density at radius 3 is 2.59 bits per heavy atom. The first-order valence-electron chi connectivity index (χ1n) is 8.05. The second-order valence-corrected chi connectivity index (χ2v) is 5.55. The molecule has 0 bridgehead atoms. The van der Waals surface area contributed by atoms with E-state index >= 15 is 0 Å². The van der Waals surface area contributed by atoms with Crippen molar-refractivity contribution in [1.82, 2.24) is 15.0 Å². The standard InChI is InChI=1S/C19H13N5O3/c25-24(26)17-18(21-12-22-19(17)27-13-6-2-1-3-7-13)23-16-10-4-9-15-14(16)8-5-11-20-15/h1-12H,(H,21,22,23). The summed E-state index contributed by atoms with van der Waals surface area (Å²) in [5.41, 5.74) is 1.07. The van der Waals surface area contributed by atoms with E-state index < -0.39 is 4.92 Å². The molecule has 2 aromatic heterocycles. The Morgan fingerprint density at radius 1 is 0.926 bits per heavy atom. The number of nitrogens with one attached hydrogen (secondary N) is 1. The van der Waals surface area contributed by atoms with Crippen molar-refractivity contribution < 1.29 is 9.66 Å². The summed E-state index contributed by atoms with van der Waals surface area (Å²) in [6, 6.07) is 17.9. The maximum atomic E-state index is 11.7. The fourth-order valence-electron chi connectivity index (χ4n) is 2.63. The highest BCUT2D eigenvalue weighted by atomic mass is 16.6. The topological polar surface area (TPSA) is 103 Å². The molecule has 0 unspecified atom stereocenters. The van der Waals surface area contributed by atoms with Crippen LogP contribution in [0.5, 0.6) is 11.6 Å². The molecule has 0 saturated heterocycles. The summed E-state index contributed by atoms with van der Waals surface area (Å²) >= 11 is 0. The number of hydrogen-bond donors (Lipinski definition) is 1. The van der Waals surface area contributed by atoms with E-state index in [9.17, 15) is 10.1 Å². The number of anilines is 2. The van der Waals surface area contributed by atoms with Gasteiger partial charge in [0.15, 0.2) is 0 Å². The molecule has 0 amide bonds. The van der Waals surface area contributed by atoms with Gasteiger partial charge >= 0.3 is 11.6 Å². The van der Waals surface area contributed by atoms with Crippen LogP contribution in [-0.4, -0.2) is 19.9 Å². The van der Waals surface area contributed by atoms with Crippen molar-refractivity contribution in [3.63, 3.8) is 0 Å². The number of para-hydroxylation sites is 1. The van der Waals surface area contributed by atoms with Crippen LogP contribution in [0.4, 0.5) is 17.2 Å². The van der Waals surface area contributed by atoms with Gasteiger partial charge in [-0.2, -0.15) is 4.98 Å². The van der Waals surface area contributed by atoms with Gasteiger partial charge in [-0.05, 0) is 36.4 Å². The van der Waals surface area contributed by atoms with Crippen LogP contribution in [0.25, 0.3) is 10.9 Å². The van der Waals surface area contributed by atoms with E-state index in [-0.39, 0.29) is 17.4 Å². The number of benzene rings is 2. The molecule has 27 heavy (non-hydrogen) atoms. The minimum atomic E-state index is -0.565. The molecule has 0 aliphatic carbocycles. The minimum Gasteiger partial charge on any atom is -0.434 e. The fraction of sp³-hybridized carbons (Fsp3) is 0. The molecular formula is C19H13N5O3. The fourth-order valence-corrected chi connectivity index (χ4v) is 2.63. The zero-order chi connectivity index (χ0) is 18.6. The van der Waals surface area contributed by atoms with Gasteiger partial charge in [0, 0.05) is 17.3 Å². The van der Waals surface area contributed by atoms with Crippen LogP contribution < -0.4 is 10.1 Å². The normalized spacial score (nSPS) is 10.5. The smallest absolute Gasteiger partial charge is 0.373 e. The van der Waals surface area contributed by atoms with Crippen LogP contribution in [0.2, 0.25) is 0 Å². The van der Waals surface area contributed by atoms with Gasteiger partial charge in [-0.3, -0.25) is 15.1 Å². The molecule has 0 spiro atoms. The molecule has 0 radical (unpaired) electrons. The lowest BCUT2D eigenvalue weighted by atomic mass is 10.2. The van der Waals surface area contributed by atoms with Crippen LogP contribution >= 0.6 is 0 Å². The Morgan fingerprint density at radius 2 is 1.78 bits per heavy atom. The van der Waals surface area contributed by atoms with Gasteiger partial charge < -0.3 is 10.1 Å². The zero-order valence-corrected chi connectivity index (χ0v) is 13.9. The summed E-state index contributed by atoms with van der Waals surface area (Å²) in [4.78, 5) is 23.4. The van der Waals surface area contributed by atoms with E-state index in [0.717, 1.165) is 10.9 Å². The maximum absolute atomic E-state index is 11.7. The largest absolute Gasteiger partial charge is 0.434 e. The molecule has 2 heterocycles. The van der Waals surface area contributed by atoms with Crippen LogP contribution in [-0.2, 0) is 0 Å². The number of aromatic nitrogens is 3. The molecule has 0 fully saturated rings. The number of hydrogen-bond acceptors (Lipinski definition) is 7. The Bertz CT molecular complexity index is 1110. The molecule has 8 nitrogen and oxygen atoms in total. The van der Waals surface area contributed by atoms with Gasteiger partial charge in [0.25, 0.3) is 0 Å². The Hall–Kier alpha value is -4.07. The molecule has 0 aliphatic heterocycles. The third-order valence-electron chi connectivity index (χ3n) is 3.83. The highest BCUT2D eigenvalue weighted by molar-refractivity contribution is 5.93. The second-order valence-electron chi connectivity index (χ2n) is 5.55. The van der Waals surface area contributed by atoms with Crippen molar-refractivity contribution >= 4 is 28.1 Å². The van der Waals surface area contributed by atoms with Crippen LogP contribution in [0.15, 0.2) is 73.2 Å². The van der Waals surface area contributed by atoms with Crippen LogP contribution in [0, 0.1) is 10.1 Å². The molecule has 4 rings (SSSR count). The lowest BCUT2D eigenvalue weighted by Crippen LogP contribution is -2.04. The van der Waals surface area contributed by atoms with Crippen LogP contribution in [0.1, 0.15) is 0 Å². The maximum Gasteiger partial charge on any atom is 0.373 e. The Labute approximate surface area is 153 Å². The van der Waals surface area contributed by atoms with E-state index in [1.807, 2.05) is 24.3 Å². The van der Waals surface area contributed by atoms with Crippen molar-refractivity contribution in [1.29, 1.82) is 0 Å². The van der Waals surface area contributed by atoms with Crippen molar-refractivity contribution in [3.8, 4) is 11.6 Å². The Balaban J connectivity index is 1.76. The first-order valence-corrected chi connectivity index (χ1v) is 8.05. The molecule has 0 saturated carbocycles. The van der Waals surface area contributed by atoms with Gasteiger partial charge in [-0.25, -0.2) is 4.98 Å². The lowest BCUT2D eigenvalue weighted by Gasteiger charge is -2.11. The number of nitrogens with zero attached hydrogens (tertiary/aromatic N) is 4. The third kappa shape index (κ3) is 3.36. The SMILES string of the molecule is O=[N+]([O-])c1c(Nc2cccc3ncccc23)ncnc1Oc1ccccc1. The Kier molecular flexibility index (Phi) is 4.28. The van der Waals surface area contributed by atoms with E-state index in [1.165, 1.54) is 6.33 Å². The van der Waals surface area contributed by atoms with Crippen molar-refractivity contribution in [2.24, 2.45) is 0 Å². The first kappa shape index (κ1) is 16.4. The highest BCUT2D eigenvalue weighted by Gasteiger charge is 2.25. The number of fused-ring (bicyclic) bond motifs is 1. The third-order valence-corrected chi connectivity index (χ3v) is 3.83. The first-order chi connectivity index (χ1) is 13.2. The summed E-state index contributed by atoms with van der Waals surface area (Å²) in [7, 11) is 0. The number of ether oxygens (including phenoxy) is 1. The molecule has 1 N–H and O–H groups in total. The zero-order valence-electron chi connectivity index (χ0n) is 13.9. The minimum absolute atomic E-state index is 0.0392. The lowest BCUT2D eigenvalue weighted by molar-refractivity contribution is -0.385. The highest BCUT2D eigenvalue weighted by Crippen LogP contribution is 2.36. The van der Waals surface area contributed by atoms with Crippen molar-refractivity contribution in [3.05, 3.63) is 83.3 Å². The monoisotopic (exact) mass is 359 g/mol. The van der Waals surface area contributed by atoms with Crippen molar-refractivity contribution in [2.75, 3.05) is 5.32 Å². The average Bonchev–Trinajstić information content (AvgIpc) is 2.69. The summed E-state index contributed by atoms with van der Waals surface area (Å²) in [5.74, 6) is 0.346. The summed E-state index contributed by atoms with van der Waals surface area (Å²) in [6.07, 6.45) is 2.90. The second kappa shape index (κ2) is 7.04. The number of rotatable bonds is 5. The summed E-state index contributed by atoms with van der Waals surface area (Å²) < 4.78 is 5.59. The van der Waals surface area contributed by atoms with E-state index in [0.29, 0.717) is 11.4 Å². The number of pyridine rings is 1. The summed E-state index contributed by atoms with van der Waals surface area (Å²) in [5, 5.41) is 15.5. The van der Waals surface area contributed by atoms with Crippen LogP contribution in [0.3, 0.4) is 0 Å². The molecule has 0 aliphatic rings. The molecule has 4 aromatic rings. The molecular weight excluding hydrogens is 346 g/mol.